The minimum absolute atomic E-state index is 0.0845. The fourth-order valence-corrected chi connectivity index (χ4v) is 8.26. The van der Waals surface area contributed by atoms with Gasteiger partial charge in [-0.15, -0.1) is 11.3 Å². The molecule has 9 nitrogen and oxygen atoms in total. The van der Waals surface area contributed by atoms with Gasteiger partial charge in [-0.05, 0) is 61.6 Å². The Kier molecular flexibility index (Phi) is 6.94. The van der Waals surface area contributed by atoms with Crippen LogP contribution in [0, 0.1) is 11.2 Å². The highest BCUT2D eigenvalue weighted by molar-refractivity contribution is 7.89. The van der Waals surface area contributed by atoms with Gasteiger partial charge >= 0.3 is 6.55 Å². The van der Waals surface area contributed by atoms with E-state index in [1.807, 2.05) is 6.08 Å². The van der Waals surface area contributed by atoms with Gasteiger partial charge in [-0.25, -0.2) is 27.2 Å². The Balaban J connectivity index is 1.40. The molecule has 214 valence electrons. The van der Waals surface area contributed by atoms with Crippen LogP contribution in [-0.2, 0) is 16.4 Å². The number of Topliss-reactive ketones (excluding diaryl/α,β-unsaturated/α-hetero) is 1. The number of thiazole rings is 1. The number of carbonyl (C=O) groups excluding carboxylic acids is 1. The Morgan fingerprint density at radius 1 is 1.22 bits per heavy atom. The van der Waals surface area contributed by atoms with E-state index in [0.29, 0.717) is 28.2 Å². The van der Waals surface area contributed by atoms with Crippen molar-refractivity contribution in [1.29, 1.82) is 0 Å². The van der Waals surface area contributed by atoms with E-state index in [0.717, 1.165) is 29.2 Å². The standard InChI is InChI=1S/C27H25F3N6O3S2/c1-2-35(41(38,39)22-15-32-34(16-22)26(29)30)21-6-3-18-11-23-17(14-33-36(23)20-7-4-19(28)5-8-20)12-27(18,13-21)24(37)25-31-9-10-40-25/h4-5,7-11,14-16,21,26H,2-3,6,12-13H2,1H3/t21-,27-/m0/s1. The molecule has 0 saturated heterocycles. The number of benzene rings is 1. The number of sulfonamides is 1. The van der Waals surface area contributed by atoms with Crippen LogP contribution in [0.25, 0.3) is 11.8 Å². The summed E-state index contributed by atoms with van der Waals surface area (Å²) in [6.45, 7) is -1.20. The number of carbonyl (C=O) groups is 1. The number of rotatable bonds is 8. The zero-order valence-electron chi connectivity index (χ0n) is 21.8. The number of nitrogens with zero attached hydrogens (tertiary/aromatic N) is 6. The van der Waals surface area contributed by atoms with Crippen LogP contribution in [0.15, 0.2) is 64.9 Å². The van der Waals surface area contributed by atoms with Crippen molar-refractivity contribution in [2.45, 2.75) is 50.1 Å². The molecule has 6 rings (SSSR count). The number of halogens is 3. The van der Waals surface area contributed by atoms with E-state index in [1.165, 1.54) is 27.8 Å². The molecule has 2 atom stereocenters. The molecule has 0 aliphatic heterocycles. The molecule has 1 fully saturated rings. The predicted octanol–water partition coefficient (Wildman–Crippen LogP) is 5.13. The van der Waals surface area contributed by atoms with Gasteiger partial charge in [-0.2, -0.15) is 23.3 Å². The molecule has 0 radical (unpaired) electrons. The van der Waals surface area contributed by atoms with Gasteiger partial charge in [-0.3, -0.25) is 4.79 Å². The lowest BCUT2D eigenvalue weighted by atomic mass is 9.61. The first-order chi connectivity index (χ1) is 19.6. The summed E-state index contributed by atoms with van der Waals surface area (Å²) in [7, 11) is -4.18. The van der Waals surface area contributed by atoms with Crippen molar-refractivity contribution in [2.75, 3.05) is 6.54 Å². The van der Waals surface area contributed by atoms with Crippen LogP contribution in [0.4, 0.5) is 13.2 Å². The third-order valence-electron chi connectivity index (χ3n) is 7.87. The molecular formula is C27H25F3N6O3S2. The summed E-state index contributed by atoms with van der Waals surface area (Å²) >= 11 is 1.23. The summed E-state index contributed by atoms with van der Waals surface area (Å²) in [5, 5.41) is 10.1. The number of hydrogen-bond acceptors (Lipinski definition) is 7. The van der Waals surface area contributed by atoms with Crippen LogP contribution in [0.1, 0.15) is 53.8 Å². The zero-order valence-corrected chi connectivity index (χ0v) is 23.5. The summed E-state index contributed by atoms with van der Waals surface area (Å²) in [5.41, 5.74) is 2.04. The van der Waals surface area contributed by atoms with Crippen molar-refractivity contribution in [2.24, 2.45) is 5.41 Å². The third kappa shape index (κ3) is 4.63. The Morgan fingerprint density at radius 3 is 2.66 bits per heavy atom. The smallest absolute Gasteiger partial charge is 0.290 e. The van der Waals surface area contributed by atoms with Crippen LogP contribution in [0.3, 0.4) is 0 Å². The van der Waals surface area contributed by atoms with Gasteiger partial charge in [0.15, 0.2) is 5.01 Å². The monoisotopic (exact) mass is 602 g/mol. The van der Waals surface area contributed by atoms with Gasteiger partial charge < -0.3 is 0 Å². The molecule has 2 aliphatic rings. The van der Waals surface area contributed by atoms with Crippen LogP contribution in [-0.4, -0.2) is 55.6 Å². The average Bonchev–Trinajstić information content (AvgIpc) is 3.73. The molecule has 0 bridgehead atoms. The van der Waals surface area contributed by atoms with Gasteiger partial charge in [0.1, 0.15) is 10.7 Å². The van der Waals surface area contributed by atoms with Crippen molar-refractivity contribution in [3.63, 3.8) is 0 Å². The molecule has 14 heteroatoms. The summed E-state index contributed by atoms with van der Waals surface area (Å²) < 4.78 is 70.4. The first-order valence-electron chi connectivity index (χ1n) is 13.0. The Hall–Kier alpha value is -3.62. The highest BCUT2D eigenvalue weighted by atomic mass is 32.2. The quantitative estimate of drug-likeness (QED) is 0.259. The van der Waals surface area contributed by atoms with Crippen molar-refractivity contribution in [1.82, 2.24) is 28.9 Å². The molecule has 3 aromatic heterocycles. The minimum atomic E-state index is -4.18. The van der Waals surface area contributed by atoms with Crippen molar-refractivity contribution >= 4 is 33.2 Å². The molecule has 1 aromatic carbocycles. The molecule has 0 amide bonds. The topological polar surface area (TPSA) is 103 Å². The van der Waals surface area contributed by atoms with E-state index in [2.05, 4.69) is 15.2 Å². The number of aromatic nitrogens is 5. The third-order valence-corrected chi connectivity index (χ3v) is 10.6. The van der Waals surface area contributed by atoms with Gasteiger partial charge in [0.25, 0.3) is 0 Å². The van der Waals surface area contributed by atoms with Crippen LogP contribution >= 0.6 is 11.3 Å². The predicted molar refractivity (Wildman–Crippen MR) is 145 cm³/mol. The summed E-state index contributed by atoms with van der Waals surface area (Å²) in [5.74, 6) is -0.556. The Labute approximate surface area is 238 Å². The second-order valence-corrected chi connectivity index (χ2v) is 12.9. The highest BCUT2D eigenvalue weighted by Gasteiger charge is 2.52. The molecule has 3 heterocycles. The number of alkyl halides is 2. The summed E-state index contributed by atoms with van der Waals surface area (Å²) in [6, 6.07) is 5.38. The second kappa shape index (κ2) is 10.3. The first-order valence-corrected chi connectivity index (χ1v) is 15.3. The Bertz CT molecular complexity index is 1730. The average molecular weight is 603 g/mol. The molecule has 0 N–H and O–H groups in total. The van der Waals surface area contributed by atoms with E-state index in [1.54, 1.807) is 41.5 Å². The number of allylic oxidation sites excluding steroid dienone is 1. The van der Waals surface area contributed by atoms with Gasteiger partial charge in [-0.1, -0.05) is 12.5 Å². The molecular weight excluding hydrogens is 577 g/mol. The lowest BCUT2D eigenvalue weighted by Crippen LogP contribution is -2.50. The number of hydrogen-bond donors (Lipinski definition) is 0. The fraction of sp³-hybridized carbons (Fsp3) is 0.333. The van der Waals surface area contributed by atoms with Crippen LogP contribution in [0.5, 0.6) is 0 Å². The molecule has 41 heavy (non-hydrogen) atoms. The summed E-state index contributed by atoms with van der Waals surface area (Å²) in [6.07, 6.45) is 8.25. The van der Waals surface area contributed by atoms with Gasteiger partial charge in [0, 0.05) is 24.2 Å². The minimum Gasteiger partial charge on any atom is -0.290 e. The molecule has 1 saturated carbocycles. The van der Waals surface area contributed by atoms with Gasteiger partial charge in [0.05, 0.1) is 35.4 Å². The number of ketones is 1. The van der Waals surface area contributed by atoms with E-state index in [-0.39, 0.29) is 35.9 Å². The number of fused-ring (bicyclic) bond motifs is 2. The first kappa shape index (κ1) is 27.5. The largest absolute Gasteiger partial charge is 0.333 e. The maximum Gasteiger partial charge on any atom is 0.333 e. The summed E-state index contributed by atoms with van der Waals surface area (Å²) in [4.78, 5) is 18.1. The normalized spacial score (nSPS) is 20.6. The Morgan fingerprint density at radius 2 is 2.00 bits per heavy atom. The fourth-order valence-electron chi connectivity index (χ4n) is 5.98. The molecule has 4 aromatic rings. The van der Waals surface area contributed by atoms with Crippen molar-refractivity contribution in [3.05, 3.63) is 82.1 Å². The lowest BCUT2D eigenvalue weighted by Gasteiger charge is -2.46. The van der Waals surface area contributed by atoms with Gasteiger partial charge in [0.2, 0.25) is 15.8 Å². The lowest BCUT2D eigenvalue weighted by molar-refractivity contribution is 0.0563. The van der Waals surface area contributed by atoms with Crippen LogP contribution < -0.4 is 0 Å². The second-order valence-electron chi connectivity index (χ2n) is 10.1. The van der Waals surface area contributed by atoms with E-state index >= 15 is 0 Å². The van der Waals surface area contributed by atoms with E-state index in [9.17, 15) is 26.4 Å². The molecule has 0 unspecified atom stereocenters. The molecule has 2 aliphatic carbocycles. The van der Waals surface area contributed by atoms with Crippen molar-refractivity contribution in [3.8, 4) is 5.69 Å². The SMILES string of the molecule is CCN([C@H]1CCC2=Cc3c(cnn3-c3ccc(F)cc3)C[C@]2(C(=O)c2nccs2)C1)S(=O)(=O)c1cnn(C(F)F)c1. The highest BCUT2D eigenvalue weighted by Crippen LogP contribution is 2.51. The molecule has 0 spiro atoms. The van der Waals surface area contributed by atoms with Crippen LogP contribution in [0.2, 0.25) is 0 Å². The van der Waals surface area contributed by atoms with E-state index in [4.69, 9.17) is 0 Å². The van der Waals surface area contributed by atoms with E-state index < -0.39 is 28.0 Å². The maximum atomic E-state index is 14.2. The van der Waals surface area contributed by atoms with Crippen molar-refractivity contribution < 1.29 is 26.4 Å². The zero-order chi connectivity index (χ0) is 28.9. The maximum absolute atomic E-state index is 14.2.